The van der Waals surface area contributed by atoms with Crippen molar-refractivity contribution in [2.24, 2.45) is 11.5 Å². The molecule has 0 saturated carbocycles. The molecule has 0 rings (SSSR count). The molecule has 0 bridgehead atoms. The van der Waals surface area contributed by atoms with Gasteiger partial charge < -0.3 is 16.2 Å². The molecule has 0 saturated heterocycles. The lowest BCUT2D eigenvalue weighted by Gasteiger charge is -2.28. The Morgan fingerprint density at radius 1 is 1.57 bits per heavy atom. The number of primary amides is 1. The Hall–Kier alpha value is -0.650. The number of amides is 1. The van der Waals surface area contributed by atoms with Gasteiger partial charge in [-0.05, 0) is 13.5 Å². The number of nitrogens with zero attached hydrogens (tertiary/aromatic N) is 1. The van der Waals surface area contributed by atoms with Crippen molar-refractivity contribution in [3.8, 4) is 0 Å². The summed E-state index contributed by atoms with van der Waals surface area (Å²) >= 11 is 0. The second kappa shape index (κ2) is 6.75. The normalized spacial score (nSPS) is 15.5. The molecule has 5 heteroatoms. The zero-order valence-electron chi connectivity index (χ0n) is 9.19. The first-order valence-electron chi connectivity index (χ1n) is 4.80. The SMILES string of the molecule is CCN(CC(N)C(N)=O)C(C)COC. The van der Waals surface area contributed by atoms with Crippen LogP contribution in [0.15, 0.2) is 0 Å². The lowest BCUT2D eigenvalue weighted by molar-refractivity contribution is -0.119. The maximum absolute atomic E-state index is 10.8. The van der Waals surface area contributed by atoms with Crippen molar-refractivity contribution in [2.45, 2.75) is 25.9 Å². The summed E-state index contributed by atoms with van der Waals surface area (Å²) < 4.78 is 5.03. The highest BCUT2D eigenvalue weighted by Crippen LogP contribution is 1.99. The molecule has 2 atom stereocenters. The summed E-state index contributed by atoms with van der Waals surface area (Å²) in [6, 6.07) is -0.357. The van der Waals surface area contributed by atoms with Crippen molar-refractivity contribution in [2.75, 3.05) is 26.8 Å². The Bertz CT molecular complexity index is 175. The summed E-state index contributed by atoms with van der Waals surface area (Å²) in [5.74, 6) is -0.465. The molecular formula is C9H21N3O2. The summed E-state index contributed by atoms with van der Waals surface area (Å²) in [4.78, 5) is 12.8. The summed E-state index contributed by atoms with van der Waals surface area (Å²) in [5.41, 5.74) is 10.7. The molecule has 0 aromatic heterocycles. The van der Waals surface area contributed by atoms with Gasteiger partial charge in [0.25, 0.3) is 0 Å². The Kier molecular flexibility index (Phi) is 6.44. The van der Waals surface area contributed by atoms with Crippen LogP contribution in [0.25, 0.3) is 0 Å². The van der Waals surface area contributed by atoms with E-state index in [9.17, 15) is 4.79 Å². The molecule has 2 unspecified atom stereocenters. The zero-order valence-corrected chi connectivity index (χ0v) is 9.19. The van der Waals surface area contributed by atoms with Crippen molar-refractivity contribution < 1.29 is 9.53 Å². The van der Waals surface area contributed by atoms with Crippen molar-refractivity contribution in [3.05, 3.63) is 0 Å². The quantitative estimate of drug-likeness (QED) is 0.565. The van der Waals surface area contributed by atoms with Gasteiger partial charge in [-0.2, -0.15) is 0 Å². The van der Waals surface area contributed by atoms with Crippen LogP contribution in [-0.2, 0) is 9.53 Å². The first-order chi connectivity index (χ1) is 6.52. The van der Waals surface area contributed by atoms with Crippen LogP contribution in [0, 0.1) is 0 Å². The highest BCUT2D eigenvalue weighted by molar-refractivity contribution is 5.79. The van der Waals surface area contributed by atoms with E-state index >= 15 is 0 Å². The fourth-order valence-corrected chi connectivity index (χ4v) is 1.31. The monoisotopic (exact) mass is 203 g/mol. The number of carbonyl (C=O) groups is 1. The van der Waals surface area contributed by atoms with Crippen molar-refractivity contribution in [3.63, 3.8) is 0 Å². The van der Waals surface area contributed by atoms with Gasteiger partial charge >= 0.3 is 0 Å². The summed E-state index contributed by atoms with van der Waals surface area (Å²) in [5, 5.41) is 0. The third-order valence-electron chi connectivity index (χ3n) is 2.23. The number of ether oxygens (including phenoxy) is 1. The van der Waals surface area contributed by atoms with Gasteiger partial charge in [0.05, 0.1) is 12.6 Å². The van der Waals surface area contributed by atoms with Gasteiger partial charge in [0.1, 0.15) is 0 Å². The Balaban J connectivity index is 4.07. The van der Waals surface area contributed by atoms with E-state index in [0.717, 1.165) is 6.54 Å². The van der Waals surface area contributed by atoms with Crippen LogP contribution in [0.5, 0.6) is 0 Å². The molecule has 0 aliphatic heterocycles. The molecule has 4 N–H and O–H groups in total. The van der Waals surface area contributed by atoms with E-state index in [0.29, 0.717) is 13.2 Å². The molecule has 14 heavy (non-hydrogen) atoms. The molecule has 1 amide bonds. The third kappa shape index (κ3) is 4.55. The molecule has 0 aliphatic rings. The van der Waals surface area contributed by atoms with E-state index in [1.54, 1.807) is 7.11 Å². The van der Waals surface area contributed by atoms with Gasteiger partial charge in [-0.1, -0.05) is 6.92 Å². The number of carbonyl (C=O) groups excluding carboxylic acids is 1. The number of nitrogens with two attached hydrogens (primary N) is 2. The first-order valence-corrected chi connectivity index (χ1v) is 4.80. The summed E-state index contributed by atoms with van der Waals surface area (Å²) in [6.07, 6.45) is 0. The van der Waals surface area contributed by atoms with E-state index in [-0.39, 0.29) is 6.04 Å². The van der Waals surface area contributed by atoms with Gasteiger partial charge in [0, 0.05) is 19.7 Å². The Labute approximate surface area is 85.4 Å². The number of likely N-dealkylation sites (N-methyl/N-ethyl adjacent to an activating group) is 1. The zero-order chi connectivity index (χ0) is 11.1. The molecule has 0 aliphatic carbocycles. The standard InChI is InChI=1S/C9H21N3O2/c1-4-12(7(2)6-14-3)5-8(10)9(11)13/h7-8H,4-6,10H2,1-3H3,(H2,11,13). The molecule has 84 valence electrons. The van der Waals surface area contributed by atoms with Crippen molar-refractivity contribution in [1.29, 1.82) is 0 Å². The molecule has 0 fully saturated rings. The van der Waals surface area contributed by atoms with E-state index in [1.165, 1.54) is 0 Å². The number of rotatable bonds is 7. The third-order valence-corrected chi connectivity index (χ3v) is 2.23. The number of hydrogen-bond acceptors (Lipinski definition) is 4. The van der Waals surface area contributed by atoms with Crippen LogP contribution in [0.3, 0.4) is 0 Å². The van der Waals surface area contributed by atoms with Crippen LogP contribution in [-0.4, -0.2) is 49.7 Å². The number of hydrogen-bond donors (Lipinski definition) is 2. The van der Waals surface area contributed by atoms with Gasteiger partial charge in [0.2, 0.25) is 5.91 Å². The molecule has 0 heterocycles. The summed E-state index contributed by atoms with van der Waals surface area (Å²) in [7, 11) is 1.65. The van der Waals surface area contributed by atoms with Gasteiger partial charge in [-0.25, -0.2) is 0 Å². The molecule has 5 nitrogen and oxygen atoms in total. The fourth-order valence-electron chi connectivity index (χ4n) is 1.31. The molecule has 0 aromatic rings. The largest absolute Gasteiger partial charge is 0.383 e. The lowest BCUT2D eigenvalue weighted by Crippen LogP contribution is -2.49. The maximum Gasteiger partial charge on any atom is 0.235 e. The van der Waals surface area contributed by atoms with E-state index < -0.39 is 11.9 Å². The second-order valence-electron chi connectivity index (χ2n) is 3.40. The average molecular weight is 203 g/mol. The second-order valence-corrected chi connectivity index (χ2v) is 3.40. The highest BCUT2D eigenvalue weighted by Gasteiger charge is 2.17. The van der Waals surface area contributed by atoms with Crippen LogP contribution >= 0.6 is 0 Å². The molecule has 0 spiro atoms. The summed E-state index contributed by atoms with van der Waals surface area (Å²) in [6.45, 7) is 5.97. The minimum atomic E-state index is -0.603. The lowest BCUT2D eigenvalue weighted by atomic mass is 10.2. The fraction of sp³-hybridized carbons (Fsp3) is 0.889. The topological polar surface area (TPSA) is 81.6 Å². The van der Waals surface area contributed by atoms with Crippen molar-refractivity contribution in [1.82, 2.24) is 4.90 Å². The van der Waals surface area contributed by atoms with E-state index in [2.05, 4.69) is 4.90 Å². The maximum atomic E-state index is 10.8. The highest BCUT2D eigenvalue weighted by atomic mass is 16.5. The minimum Gasteiger partial charge on any atom is -0.383 e. The van der Waals surface area contributed by atoms with Gasteiger partial charge in [-0.3, -0.25) is 9.69 Å². The van der Waals surface area contributed by atoms with Crippen LogP contribution in [0.1, 0.15) is 13.8 Å². The van der Waals surface area contributed by atoms with E-state index in [1.807, 2.05) is 13.8 Å². The van der Waals surface area contributed by atoms with Crippen LogP contribution in [0.4, 0.5) is 0 Å². The molecule has 0 radical (unpaired) electrons. The van der Waals surface area contributed by atoms with E-state index in [4.69, 9.17) is 16.2 Å². The average Bonchev–Trinajstić information content (AvgIpc) is 2.13. The van der Waals surface area contributed by atoms with Gasteiger partial charge in [0.15, 0.2) is 0 Å². The Morgan fingerprint density at radius 3 is 2.50 bits per heavy atom. The smallest absolute Gasteiger partial charge is 0.235 e. The first kappa shape index (κ1) is 13.4. The minimum absolute atomic E-state index is 0.246. The number of methoxy groups -OCH3 is 1. The van der Waals surface area contributed by atoms with Crippen LogP contribution in [0.2, 0.25) is 0 Å². The van der Waals surface area contributed by atoms with Gasteiger partial charge in [-0.15, -0.1) is 0 Å². The van der Waals surface area contributed by atoms with Crippen molar-refractivity contribution >= 4 is 5.91 Å². The molecular weight excluding hydrogens is 182 g/mol. The predicted octanol–water partition coefficient (Wildman–Crippen LogP) is -0.844. The van der Waals surface area contributed by atoms with Crippen LogP contribution < -0.4 is 11.5 Å². The Morgan fingerprint density at radius 2 is 2.14 bits per heavy atom. The predicted molar refractivity (Wildman–Crippen MR) is 55.8 cm³/mol. The molecule has 0 aromatic carbocycles.